The second-order valence-electron chi connectivity index (χ2n) is 9.10. The van der Waals surface area contributed by atoms with Crippen molar-refractivity contribution < 1.29 is 14.3 Å². The van der Waals surface area contributed by atoms with Crippen molar-refractivity contribution in [3.8, 4) is 0 Å². The Morgan fingerprint density at radius 1 is 1.10 bits per heavy atom. The van der Waals surface area contributed by atoms with Crippen molar-refractivity contribution >= 4 is 17.4 Å². The smallest absolute Gasteiger partial charge is 0.355 e. The van der Waals surface area contributed by atoms with Crippen LogP contribution in [0.5, 0.6) is 0 Å². The maximum absolute atomic E-state index is 12.9. The van der Waals surface area contributed by atoms with Crippen LogP contribution in [-0.2, 0) is 11.2 Å². The molecular weight excluding hydrogens is 376 g/mol. The van der Waals surface area contributed by atoms with Crippen molar-refractivity contribution in [3.63, 3.8) is 0 Å². The molecule has 5 nitrogen and oxygen atoms in total. The van der Waals surface area contributed by atoms with Crippen molar-refractivity contribution in [1.82, 2.24) is 4.98 Å². The Kier molecular flexibility index (Phi) is 5.98. The number of fused-ring (bicyclic) bond motifs is 1. The van der Waals surface area contributed by atoms with Crippen LogP contribution in [0.2, 0.25) is 0 Å². The molecule has 1 aromatic heterocycles. The maximum atomic E-state index is 12.9. The largest absolute Gasteiger partial charge is 0.461 e. The number of hydrogen-bond acceptors (Lipinski definition) is 4. The van der Waals surface area contributed by atoms with Crippen molar-refractivity contribution in [3.05, 3.63) is 52.3 Å². The fourth-order valence-corrected chi connectivity index (χ4v) is 4.94. The van der Waals surface area contributed by atoms with Gasteiger partial charge in [0.25, 0.3) is 0 Å². The lowest BCUT2D eigenvalue weighted by Gasteiger charge is -2.23. The van der Waals surface area contributed by atoms with Gasteiger partial charge in [0.2, 0.25) is 0 Å². The average Bonchev–Trinajstić information content (AvgIpc) is 3.09. The quantitative estimate of drug-likeness (QED) is 0.704. The zero-order chi connectivity index (χ0) is 21.3. The first-order chi connectivity index (χ1) is 14.4. The predicted octanol–water partition coefficient (Wildman–Crippen LogP) is 5.04. The van der Waals surface area contributed by atoms with E-state index in [2.05, 4.69) is 34.1 Å². The number of aromatic nitrogens is 1. The molecule has 30 heavy (non-hydrogen) atoms. The summed E-state index contributed by atoms with van der Waals surface area (Å²) >= 11 is 0. The molecule has 0 amide bonds. The van der Waals surface area contributed by atoms with E-state index in [0.29, 0.717) is 30.2 Å². The highest BCUT2D eigenvalue weighted by molar-refractivity contribution is 6.03. The first-order valence-corrected chi connectivity index (χ1v) is 11.1. The Hall–Kier alpha value is -2.56. The van der Waals surface area contributed by atoms with Crippen LogP contribution in [0.25, 0.3) is 0 Å². The lowest BCUT2D eigenvalue weighted by molar-refractivity contribution is 0.0403. The Balaban J connectivity index is 1.48. The minimum Gasteiger partial charge on any atom is -0.461 e. The van der Waals surface area contributed by atoms with E-state index in [9.17, 15) is 9.59 Å². The molecule has 2 aliphatic rings. The molecule has 0 unspecified atom stereocenters. The summed E-state index contributed by atoms with van der Waals surface area (Å²) < 4.78 is 5.62. The van der Waals surface area contributed by atoms with Crippen LogP contribution in [0.1, 0.15) is 82.1 Å². The number of nitrogens with zero attached hydrogens (tertiary/aromatic N) is 1. The molecule has 2 aromatic rings. The van der Waals surface area contributed by atoms with Crippen LogP contribution in [0, 0.1) is 12.8 Å². The lowest BCUT2D eigenvalue weighted by atomic mass is 9.81. The van der Waals surface area contributed by atoms with E-state index in [0.717, 1.165) is 41.8 Å². The van der Waals surface area contributed by atoms with Crippen molar-refractivity contribution in [2.45, 2.75) is 57.8 Å². The number of Topliss-reactive ketones (excluding diaryl/α,β-unsaturated/α-hetero) is 1. The number of hydrogen-bond donors (Lipinski definition) is 1. The Bertz CT molecular complexity index is 921. The lowest BCUT2D eigenvalue weighted by Crippen LogP contribution is -2.18. The van der Waals surface area contributed by atoms with E-state index in [4.69, 9.17) is 4.74 Å². The minimum atomic E-state index is -0.327. The number of rotatable bonds is 5. The Labute approximate surface area is 178 Å². The summed E-state index contributed by atoms with van der Waals surface area (Å²) in [5.41, 5.74) is 5.06. The Morgan fingerprint density at radius 2 is 1.80 bits per heavy atom. The van der Waals surface area contributed by atoms with E-state index in [1.807, 2.05) is 21.0 Å². The molecule has 0 radical (unpaired) electrons. The number of benzene rings is 1. The molecule has 0 saturated heterocycles. The highest BCUT2D eigenvalue weighted by Gasteiger charge is 2.32. The molecule has 4 rings (SSSR count). The number of esters is 1. The monoisotopic (exact) mass is 408 g/mol. The second-order valence-corrected chi connectivity index (χ2v) is 9.10. The molecule has 1 saturated carbocycles. The molecule has 0 aliphatic heterocycles. The van der Waals surface area contributed by atoms with Gasteiger partial charge in [0.1, 0.15) is 5.69 Å². The Morgan fingerprint density at radius 3 is 2.47 bits per heavy atom. The fraction of sp³-hybridized carbons (Fsp3) is 0.520. The molecule has 1 atom stereocenters. The molecule has 2 aliphatic carbocycles. The number of anilines is 1. The predicted molar refractivity (Wildman–Crippen MR) is 119 cm³/mol. The van der Waals surface area contributed by atoms with E-state index in [1.165, 1.54) is 19.3 Å². The number of ether oxygens (including phenoxy) is 1. The van der Waals surface area contributed by atoms with Crippen molar-refractivity contribution in [2.75, 3.05) is 25.6 Å². The molecule has 1 aromatic carbocycles. The van der Waals surface area contributed by atoms with Gasteiger partial charge in [0.05, 0.1) is 6.61 Å². The second kappa shape index (κ2) is 8.66. The standard InChI is InChI=1S/C25H32N2O3/c1-16-23-21(26-24(16)25(29)30-15-17-7-5-4-6-8-17)13-19(14-22(23)28)18-9-11-20(12-10-18)27(2)3/h9-12,17,19,26H,4-8,13-15H2,1-3H3/t19-/m0/s1. The zero-order valence-electron chi connectivity index (χ0n) is 18.3. The zero-order valence-corrected chi connectivity index (χ0v) is 18.3. The van der Waals surface area contributed by atoms with Crippen LogP contribution in [-0.4, -0.2) is 37.4 Å². The van der Waals surface area contributed by atoms with E-state index < -0.39 is 0 Å². The van der Waals surface area contributed by atoms with Crippen LogP contribution in [0.3, 0.4) is 0 Å². The summed E-state index contributed by atoms with van der Waals surface area (Å²) in [4.78, 5) is 31.0. The third-order valence-electron chi connectivity index (χ3n) is 6.75. The minimum absolute atomic E-state index is 0.109. The molecular formula is C25H32N2O3. The van der Waals surface area contributed by atoms with Gasteiger partial charge >= 0.3 is 5.97 Å². The summed E-state index contributed by atoms with van der Waals surface area (Å²) in [6, 6.07) is 8.38. The molecule has 5 heteroatoms. The van der Waals surface area contributed by atoms with Crippen LogP contribution in [0.15, 0.2) is 24.3 Å². The van der Waals surface area contributed by atoms with Gasteiger partial charge in [0, 0.05) is 37.5 Å². The van der Waals surface area contributed by atoms with Crippen LogP contribution >= 0.6 is 0 Å². The maximum Gasteiger partial charge on any atom is 0.355 e. The molecule has 160 valence electrons. The molecule has 1 N–H and O–H groups in total. The summed E-state index contributed by atoms with van der Waals surface area (Å²) in [7, 11) is 4.03. The normalized spacial score (nSPS) is 19.4. The van der Waals surface area contributed by atoms with Crippen molar-refractivity contribution in [2.24, 2.45) is 5.92 Å². The highest BCUT2D eigenvalue weighted by Crippen LogP contribution is 2.36. The number of nitrogens with one attached hydrogen (secondary N) is 1. The van der Waals surface area contributed by atoms with Gasteiger partial charge < -0.3 is 14.6 Å². The number of ketones is 1. The van der Waals surface area contributed by atoms with Gasteiger partial charge in [-0.3, -0.25) is 4.79 Å². The fourth-order valence-electron chi connectivity index (χ4n) is 4.94. The van der Waals surface area contributed by atoms with Gasteiger partial charge in [-0.2, -0.15) is 0 Å². The van der Waals surface area contributed by atoms with Gasteiger partial charge in [-0.15, -0.1) is 0 Å². The topological polar surface area (TPSA) is 62.4 Å². The average molecular weight is 409 g/mol. The molecule has 0 bridgehead atoms. The van der Waals surface area contributed by atoms with Gasteiger partial charge in [0.15, 0.2) is 5.78 Å². The van der Waals surface area contributed by atoms with Crippen LogP contribution < -0.4 is 4.90 Å². The first-order valence-electron chi connectivity index (χ1n) is 11.1. The van der Waals surface area contributed by atoms with E-state index in [-0.39, 0.29) is 17.7 Å². The third kappa shape index (κ3) is 4.16. The number of aromatic amines is 1. The summed E-state index contributed by atoms with van der Waals surface area (Å²) in [5, 5.41) is 0. The summed E-state index contributed by atoms with van der Waals surface area (Å²) in [6.07, 6.45) is 7.23. The molecule has 0 spiro atoms. The van der Waals surface area contributed by atoms with Gasteiger partial charge in [-0.05, 0) is 61.3 Å². The number of carbonyl (C=O) groups excluding carboxylic acids is 2. The molecule has 1 fully saturated rings. The summed E-state index contributed by atoms with van der Waals surface area (Å²) in [6.45, 7) is 2.34. The number of carbonyl (C=O) groups is 2. The van der Waals surface area contributed by atoms with Crippen LogP contribution in [0.4, 0.5) is 5.69 Å². The number of H-pyrrole nitrogens is 1. The first kappa shape index (κ1) is 20.7. The summed E-state index contributed by atoms with van der Waals surface area (Å²) in [5.74, 6) is 0.388. The van der Waals surface area contributed by atoms with E-state index in [1.54, 1.807) is 0 Å². The van der Waals surface area contributed by atoms with E-state index >= 15 is 0 Å². The van der Waals surface area contributed by atoms with Gasteiger partial charge in [-0.1, -0.05) is 31.4 Å². The van der Waals surface area contributed by atoms with Gasteiger partial charge in [-0.25, -0.2) is 4.79 Å². The SMILES string of the molecule is Cc1c(C(=O)OCC2CCCCC2)[nH]c2c1C(=O)C[C@@H](c1ccc(N(C)C)cc1)C2. The third-order valence-corrected chi connectivity index (χ3v) is 6.75. The van der Waals surface area contributed by atoms with Crippen molar-refractivity contribution in [1.29, 1.82) is 0 Å². The highest BCUT2D eigenvalue weighted by atomic mass is 16.5. The molecule has 1 heterocycles.